The van der Waals surface area contributed by atoms with Crippen molar-refractivity contribution < 1.29 is 9.21 Å². The second-order valence-corrected chi connectivity index (χ2v) is 6.72. The highest BCUT2D eigenvalue weighted by atomic mass is 35.5. The number of furan rings is 1. The molecule has 1 amide bonds. The molecule has 0 aliphatic heterocycles. The standard InChI is InChI=1S/C17H16ClN3O2S/c18-13-4-1-3-12(7-13)8-15-10-20-17(24-15)21-16(22)11-19-9-14-5-2-6-23-14/h1-7,10,19H,8-9,11H2,(H,20,21,22). The molecule has 2 heterocycles. The Morgan fingerprint density at radius 2 is 2.21 bits per heavy atom. The van der Waals surface area contributed by atoms with Crippen LogP contribution in [0, 0.1) is 0 Å². The summed E-state index contributed by atoms with van der Waals surface area (Å²) in [6, 6.07) is 11.4. The van der Waals surface area contributed by atoms with Crippen LogP contribution in [0.25, 0.3) is 0 Å². The number of benzene rings is 1. The number of nitrogens with zero attached hydrogens (tertiary/aromatic N) is 1. The van der Waals surface area contributed by atoms with Crippen LogP contribution in [0.2, 0.25) is 5.02 Å². The van der Waals surface area contributed by atoms with E-state index in [-0.39, 0.29) is 12.5 Å². The van der Waals surface area contributed by atoms with Gasteiger partial charge in [-0.1, -0.05) is 23.7 Å². The fraction of sp³-hybridized carbons (Fsp3) is 0.176. The third-order valence-electron chi connectivity index (χ3n) is 3.23. The van der Waals surface area contributed by atoms with Crippen LogP contribution in [0.15, 0.2) is 53.3 Å². The Hall–Kier alpha value is -2.15. The highest BCUT2D eigenvalue weighted by Gasteiger charge is 2.08. The van der Waals surface area contributed by atoms with Gasteiger partial charge in [0.15, 0.2) is 5.13 Å². The Morgan fingerprint density at radius 1 is 1.29 bits per heavy atom. The zero-order valence-corrected chi connectivity index (χ0v) is 14.4. The van der Waals surface area contributed by atoms with E-state index in [9.17, 15) is 4.79 Å². The van der Waals surface area contributed by atoms with E-state index in [4.69, 9.17) is 16.0 Å². The highest BCUT2D eigenvalue weighted by Crippen LogP contribution is 2.22. The number of hydrogen-bond donors (Lipinski definition) is 2. The first-order chi connectivity index (χ1) is 11.7. The average Bonchev–Trinajstić information content (AvgIpc) is 3.20. The van der Waals surface area contributed by atoms with E-state index in [2.05, 4.69) is 15.6 Å². The van der Waals surface area contributed by atoms with Crippen molar-refractivity contribution in [2.45, 2.75) is 13.0 Å². The van der Waals surface area contributed by atoms with Gasteiger partial charge in [-0.25, -0.2) is 4.98 Å². The summed E-state index contributed by atoms with van der Waals surface area (Å²) >= 11 is 7.45. The fourth-order valence-corrected chi connectivity index (χ4v) is 3.25. The van der Waals surface area contributed by atoms with E-state index < -0.39 is 0 Å². The minimum absolute atomic E-state index is 0.134. The summed E-state index contributed by atoms with van der Waals surface area (Å²) in [5.41, 5.74) is 1.11. The van der Waals surface area contributed by atoms with Gasteiger partial charge in [-0.15, -0.1) is 11.3 Å². The Bertz CT molecular complexity index is 802. The number of anilines is 1. The Morgan fingerprint density at radius 3 is 3.00 bits per heavy atom. The number of carbonyl (C=O) groups excluding carboxylic acids is 1. The largest absolute Gasteiger partial charge is 0.468 e. The quantitative estimate of drug-likeness (QED) is 0.673. The minimum Gasteiger partial charge on any atom is -0.468 e. The SMILES string of the molecule is O=C(CNCc1ccco1)Nc1ncc(Cc2cccc(Cl)c2)s1. The lowest BCUT2D eigenvalue weighted by atomic mass is 10.1. The van der Waals surface area contributed by atoms with Crippen molar-refractivity contribution in [3.05, 3.63) is 70.1 Å². The smallest absolute Gasteiger partial charge is 0.240 e. The molecule has 3 rings (SSSR count). The molecule has 0 aliphatic carbocycles. The summed E-state index contributed by atoms with van der Waals surface area (Å²) < 4.78 is 5.19. The van der Waals surface area contributed by atoms with Gasteiger partial charge in [-0.2, -0.15) is 0 Å². The molecule has 0 fully saturated rings. The van der Waals surface area contributed by atoms with Gasteiger partial charge < -0.3 is 15.1 Å². The molecule has 0 spiro atoms. The number of halogens is 1. The van der Waals surface area contributed by atoms with Crippen molar-refractivity contribution in [2.75, 3.05) is 11.9 Å². The van der Waals surface area contributed by atoms with Crippen molar-refractivity contribution in [2.24, 2.45) is 0 Å². The maximum Gasteiger partial charge on any atom is 0.240 e. The lowest BCUT2D eigenvalue weighted by molar-refractivity contribution is -0.115. The van der Waals surface area contributed by atoms with Gasteiger partial charge in [0.25, 0.3) is 0 Å². The maximum absolute atomic E-state index is 11.9. The van der Waals surface area contributed by atoms with Crippen LogP contribution < -0.4 is 10.6 Å². The van der Waals surface area contributed by atoms with Crippen molar-refractivity contribution >= 4 is 34.0 Å². The first-order valence-corrected chi connectivity index (χ1v) is 8.60. The van der Waals surface area contributed by atoms with Crippen LogP contribution in [0.1, 0.15) is 16.2 Å². The van der Waals surface area contributed by atoms with Gasteiger partial charge in [0.05, 0.1) is 19.4 Å². The van der Waals surface area contributed by atoms with Crippen LogP contribution >= 0.6 is 22.9 Å². The third kappa shape index (κ3) is 4.92. The average molecular weight is 362 g/mol. The molecule has 0 aliphatic rings. The summed E-state index contributed by atoms with van der Waals surface area (Å²) in [5.74, 6) is 0.658. The molecule has 0 unspecified atom stereocenters. The van der Waals surface area contributed by atoms with E-state index in [0.29, 0.717) is 16.7 Å². The molecule has 124 valence electrons. The number of hydrogen-bond acceptors (Lipinski definition) is 5. The molecule has 24 heavy (non-hydrogen) atoms. The second kappa shape index (κ2) is 8.10. The van der Waals surface area contributed by atoms with Gasteiger partial charge in [-0.3, -0.25) is 4.79 Å². The number of rotatable bonds is 7. The van der Waals surface area contributed by atoms with Gasteiger partial charge in [0.1, 0.15) is 5.76 Å². The molecule has 0 saturated carbocycles. The molecular formula is C17H16ClN3O2S. The first-order valence-electron chi connectivity index (χ1n) is 7.41. The molecule has 5 nitrogen and oxygen atoms in total. The molecule has 2 N–H and O–H groups in total. The number of amides is 1. The van der Waals surface area contributed by atoms with Crippen molar-refractivity contribution in [3.8, 4) is 0 Å². The molecular weight excluding hydrogens is 346 g/mol. The summed E-state index contributed by atoms with van der Waals surface area (Å²) in [4.78, 5) is 17.2. The van der Waals surface area contributed by atoms with Crippen molar-refractivity contribution in [1.82, 2.24) is 10.3 Å². The molecule has 1 aromatic carbocycles. The van der Waals surface area contributed by atoms with Gasteiger partial charge in [-0.05, 0) is 29.8 Å². The molecule has 0 atom stereocenters. The summed E-state index contributed by atoms with van der Waals surface area (Å²) in [5, 5.41) is 7.12. The van der Waals surface area contributed by atoms with Crippen LogP contribution in [0.4, 0.5) is 5.13 Å². The van der Waals surface area contributed by atoms with Crippen LogP contribution in [-0.2, 0) is 17.8 Å². The normalized spacial score (nSPS) is 10.7. The van der Waals surface area contributed by atoms with Crippen LogP contribution in [0.5, 0.6) is 0 Å². The molecule has 0 bridgehead atoms. The molecule has 3 aromatic rings. The Balaban J connectivity index is 1.47. The predicted molar refractivity (Wildman–Crippen MR) is 95.4 cm³/mol. The minimum atomic E-state index is -0.134. The second-order valence-electron chi connectivity index (χ2n) is 5.17. The molecule has 2 aromatic heterocycles. The number of aromatic nitrogens is 1. The Labute approximate surface area is 148 Å². The van der Waals surface area contributed by atoms with E-state index >= 15 is 0 Å². The number of carbonyl (C=O) groups is 1. The molecule has 7 heteroatoms. The highest BCUT2D eigenvalue weighted by molar-refractivity contribution is 7.15. The monoisotopic (exact) mass is 361 g/mol. The molecule has 0 radical (unpaired) electrons. The lowest BCUT2D eigenvalue weighted by Crippen LogP contribution is -2.27. The van der Waals surface area contributed by atoms with Gasteiger partial charge >= 0.3 is 0 Å². The number of nitrogens with one attached hydrogen (secondary N) is 2. The van der Waals surface area contributed by atoms with Gasteiger partial charge in [0, 0.05) is 22.5 Å². The van der Waals surface area contributed by atoms with Crippen molar-refractivity contribution in [1.29, 1.82) is 0 Å². The third-order valence-corrected chi connectivity index (χ3v) is 4.38. The van der Waals surface area contributed by atoms with Crippen LogP contribution in [-0.4, -0.2) is 17.4 Å². The van der Waals surface area contributed by atoms with Crippen molar-refractivity contribution in [3.63, 3.8) is 0 Å². The zero-order chi connectivity index (χ0) is 16.8. The van der Waals surface area contributed by atoms with E-state index in [0.717, 1.165) is 22.6 Å². The van der Waals surface area contributed by atoms with Gasteiger partial charge in [0.2, 0.25) is 5.91 Å². The van der Waals surface area contributed by atoms with E-state index in [1.807, 2.05) is 36.4 Å². The fourth-order valence-electron chi connectivity index (χ4n) is 2.17. The van der Waals surface area contributed by atoms with E-state index in [1.165, 1.54) is 11.3 Å². The van der Waals surface area contributed by atoms with E-state index in [1.54, 1.807) is 12.5 Å². The summed E-state index contributed by atoms with van der Waals surface area (Å²) in [6.45, 7) is 0.711. The summed E-state index contributed by atoms with van der Waals surface area (Å²) in [6.07, 6.45) is 4.12. The first kappa shape index (κ1) is 16.7. The lowest BCUT2D eigenvalue weighted by Gasteiger charge is -2.02. The predicted octanol–water partition coefficient (Wildman–Crippen LogP) is 3.71. The number of thiazole rings is 1. The zero-order valence-electron chi connectivity index (χ0n) is 12.8. The van der Waals surface area contributed by atoms with Crippen LogP contribution in [0.3, 0.4) is 0 Å². The summed E-state index contributed by atoms with van der Waals surface area (Å²) in [7, 11) is 0. The Kier molecular flexibility index (Phi) is 5.63. The maximum atomic E-state index is 11.9. The molecule has 0 saturated heterocycles. The topological polar surface area (TPSA) is 67.2 Å².